The Balaban J connectivity index is 0.00000243. The first-order valence-electron chi connectivity index (χ1n) is 8.57. The molecule has 0 amide bonds. The third-order valence-electron chi connectivity index (χ3n) is 5.06. The van der Waals surface area contributed by atoms with Crippen molar-refractivity contribution in [2.24, 2.45) is 5.73 Å². The van der Waals surface area contributed by atoms with Crippen molar-refractivity contribution in [2.45, 2.75) is 39.2 Å². The van der Waals surface area contributed by atoms with E-state index >= 15 is 0 Å². The van der Waals surface area contributed by atoms with E-state index in [-0.39, 0.29) is 23.6 Å². The second-order valence-electron chi connectivity index (χ2n) is 6.45. The van der Waals surface area contributed by atoms with Gasteiger partial charge >= 0.3 is 0 Å². The predicted molar refractivity (Wildman–Crippen MR) is 108 cm³/mol. The van der Waals surface area contributed by atoms with Crippen LogP contribution in [0, 0.1) is 6.92 Å². The first-order valence-corrected chi connectivity index (χ1v) is 8.57. The summed E-state index contributed by atoms with van der Waals surface area (Å²) in [6.07, 6.45) is 1.24. The number of phenols is 1. The summed E-state index contributed by atoms with van der Waals surface area (Å²) in [6, 6.07) is 12.6. The summed E-state index contributed by atoms with van der Waals surface area (Å²) in [4.78, 5) is 12.9. The van der Waals surface area contributed by atoms with E-state index in [1.807, 2.05) is 44.2 Å². The summed E-state index contributed by atoms with van der Waals surface area (Å²) in [6.45, 7) is 5.69. The summed E-state index contributed by atoms with van der Waals surface area (Å²) in [7, 11) is 0. The average Bonchev–Trinajstić information content (AvgIpc) is 2.64. The third kappa shape index (κ3) is 3.11. The van der Waals surface area contributed by atoms with Gasteiger partial charge in [-0.15, -0.1) is 12.4 Å². The van der Waals surface area contributed by atoms with Crippen molar-refractivity contribution in [2.75, 3.05) is 0 Å². The molecular weight excluding hydrogens is 350 g/mol. The molecule has 0 aliphatic carbocycles. The van der Waals surface area contributed by atoms with Gasteiger partial charge in [-0.2, -0.15) is 0 Å². The van der Waals surface area contributed by atoms with Crippen LogP contribution in [0.1, 0.15) is 37.8 Å². The molecule has 0 bridgehead atoms. The number of halogens is 1. The summed E-state index contributed by atoms with van der Waals surface area (Å²) in [5, 5.41) is 10.9. The Morgan fingerprint density at radius 1 is 1.08 bits per heavy atom. The van der Waals surface area contributed by atoms with Crippen molar-refractivity contribution in [3.63, 3.8) is 0 Å². The van der Waals surface area contributed by atoms with Gasteiger partial charge in [0.1, 0.15) is 17.1 Å². The lowest BCUT2D eigenvalue weighted by Gasteiger charge is -2.28. The van der Waals surface area contributed by atoms with E-state index in [0.717, 1.165) is 5.56 Å². The highest BCUT2D eigenvalue weighted by molar-refractivity contribution is 5.86. The molecule has 5 heteroatoms. The number of rotatable bonds is 4. The molecule has 0 radical (unpaired) electrons. The molecular formula is C21H24ClNO3. The molecule has 3 rings (SSSR count). The molecule has 0 unspecified atom stereocenters. The van der Waals surface area contributed by atoms with Gasteiger partial charge in [0.15, 0.2) is 5.43 Å². The zero-order valence-electron chi connectivity index (χ0n) is 15.2. The van der Waals surface area contributed by atoms with Gasteiger partial charge in [0.2, 0.25) is 0 Å². The minimum atomic E-state index is -0.761. The zero-order valence-corrected chi connectivity index (χ0v) is 16.0. The standard InChI is InChI=1S/C21H23NO3.ClH/c1-4-21(22,5-2)17-16(23)12-11-15-18(24)13(3)19(25-20(15)17)14-9-7-6-8-10-14;/h6-12,23H,4-5,22H2,1-3H3;1H. The molecule has 4 nitrogen and oxygen atoms in total. The molecule has 3 aromatic rings. The number of aromatic hydroxyl groups is 1. The first-order chi connectivity index (χ1) is 11.9. The van der Waals surface area contributed by atoms with Crippen molar-refractivity contribution < 1.29 is 9.52 Å². The number of hydrogen-bond acceptors (Lipinski definition) is 4. The molecule has 0 fully saturated rings. The van der Waals surface area contributed by atoms with Crippen LogP contribution >= 0.6 is 12.4 Å². The maximum Gasteiger partial charge on any atom is 0.196 e. The Kier molecular flexibility index (Phi) is 5.79. The first kappa shape index (κ1) is 20.0. The highest BCUT2D eigenvalue weighted by atomic mass is 35.5. The second kappa shape index (κ2) is 7.52. The molecule has 0 aliphatic heterocycles. The van der Waals surface area contributed by atoms with E-state index in [1.165, 1.54) is 6.07 Å². The van der Waals surface area contributed by atoms with Crippen LogP contribution in [0.15, 0.2) is 51.7 Å². The number of nitrogens with two attached hydrogens (primary N) is 1. The molecule has 0 saturated heterocycles. The summed E-state index contributed by atoms with van der Waals surface area (Å²) in [5.41, 5.74) is 7.93. The topological polar surface area (TPSA) is 76.5 Å². The molecule has 138 valence electrons. The van der Waals surface area contributed by atoms with Gasteiger partial charge in [-0.05, 0) is 31.9 Å². The summed E-state index contributed by atoms with van der Waals surface area (Å²) >= 11 is 0. The van der Waals surface area contributed by atoms with Gasteiger partial charge < -0.3 is 15.3 Å². The van der Waals surface area contributed by atoms with E-state index < -0.39 is 5.54 Å². The Morgan fingerprint density at radius 2 is 1.69 bits per heavy atom. The van der Waals surface area contributed by atoms with E-state index in [0.29, 0.717) is 40.7 Å². The number of benzene rings is 2. The highest BCUT2D eigenvalue weighted by Crippen LogP contribution is 2.39. The van der Waals surface area contributed by atoms with Crippen LogP contribution in [-0.2, 0) is 5.54 Å². The summed E-state index contributed by atoms with van der Waals surface area (Å²) < 4.78 is 6.18. The van der Waals surface area contributed by atoms with Crippen LogP contribution in [0.4, 0.5) is 0 Å². The smallest absolute Gasteiger partial charge is 0.196 e. The predicted octanol–water partition coefficient (Wildman–Crippen LogP) is 4.87. The molecule has 2 aromatic carbocycles. The van der Waals surface area contributed by atoms with Crippen molar-refractivity contribution in [3.8, 4) is 17.1 Å². The number of hydrogen-bond donors (Lipinski definition) is 2. The fraction of sp³-hybridized carbons (Fsp3) is 0.286. The Bertz CT molecular complexity index is 976. The SMILES string of the molecule is CCC(N)(CC)c1c(O)ccc2c(=O)c(C)c(-c3ccccc3)oc12.Cl. The van der Waals surface area contributed by atoms with E-state index in [4.69, 9.17) is 10.2 Å². The van der Waals surface area contributed by atoms with Crippen molar-refractivity contribution in [3.05, 3.63) is 63.8 Å². The van der Waals surface area contributed by atoms with Crippen LogP contribution in [0.2, 0.25) is 0 Å². The van der Waals surface area contributed by atoms with Crippen molar-refractivity contribution in [1.29, 1.82) is 0 Å². The highest BCUT2D eigenvalue weighted by Gasteiger charge is 2.31. The quantitative estimate of drug-likeness (QED) is 0.684. The van der Waals surface area contributed by atoms with Gasteiger partial charge in [0.25, 0.3) is 0 Å². The molecule has 0 saturated carbocycles. The zero-order chi connectivity index (χ0) is 18.2. The fourth-order valence-corrected chi connectivity index (χ4v) is 3.29. The van der Waals surface area contributed by atoms with Gasteiger partial charge in [0.05, 0.1) is 10.9 Å². The Labute approximate surface area is 159 Å². The van der Waals surface area contributed by atoms with E-state index in [2.05, 4.69) is 0 Å². The van der Waals surface area contributed by atoms with Crippen LogP contribution < -0.4 is 11.2 Å². The average molecular weight is 374 g/mol. The Hall–Kier alpha value is -2.30. The lowest BCUT2D eigenvalue weighted by molar-refractivity contribution is 0.378. The van der Waals surface area contributed by atoms with Gasteiger partial charge in [0, 0.05) is 16.7 Å². The lowest BCUT2D eigenvalue weighted by Crippen LogP contribution is -2.35. The Morgan fingerprint density at radius 3 is 2.27 bits per heavy atom. The third-order valence-corrected chi connectivity index (χ3v) is 5.06. The number of phenolic OH excluding ortho intramolecular Hbond substituents is 1. The number of fused-ring (bicyclic) bond motifs is 1. The summed E-state index contributed by atoms with van der Waals surface area (Å²) in [5.74, 6) is 0.573. The minimum absolute atomic E-state index is 0. The van der Waals surface area contributed by atoms with E-state index in [1.54, 1.807) is 13.0 Å². The van der Waals surface area contributed by atoms with Gasteiger partial charge in [-0.25, -0.2) is 0 Å². The van der Waals surface area contributed by atoms with Crippen molar-refractivity contribution >= 4 is 23.4 Å². The molecule has 3 N–H and O–H groups in total. The normalized spacial score (nSPS) is 11.4. The lowest BCUT2D eigenvalue weighted by atomic mass is 9.84. The largest absolute Gasteiger partial charge is 0.507 e. The van der Waals surface area contributed by atoms with Gasteiger partial charge in [-0.3, -0.25) is 4.79 Å². The van der Waals surface area contributed by atoms with Crippen LogP contribution in [0.5, 0.6) is 5.75 Å². The molecule has 0 aliphatic rings. The molecule has 0 atom stereocenters. The second-order valence-corrected chi connectivity index (χ2v) is 6.45. The van der Waals surface area contributed by atoms with Crippen LogP contribution in [0.25, 0.3) is 22.3 Å². The molecule has 26 heavy (non-hydrogen) atoms. The van der Waals surface area contributed by atoms with Gasteiger partial charge in [-0.1, -0.05) is 44.2 Å². The monoisotopic (exact) mass is 373 g/mol. The fourth-order valence-electron chi connectivity index (χ4n) is 3.29. The maximum atomic E-state index is 12.9. The minimum Gasteiger partial charge on any atom is -0.507 e. The van der Waals surface area contributed by atoms with Crippen LogP contribution in [0.3, 0.4) is 0 Å². The molecule has 0 spiro atoms. The molecule has 1 aromatic heterocycles. The molecule has 1 heterocycles. The van der Waals surface area contributed by atoms with Crippen LogP contribution in [-0.4, -0.2) is 5.11 Å². The maximum absolute atomic E-state index is 12.9. The van der Waals surface area contributed by atoms with E-state index in [9.17, 15) is 9.90 Å². The van der Waals surface area contributed by atoms with Crippen molar-refractivity contribution in [1.82, 2.24) is 0 Å².